The number of nitrogens with one attached hydrogen (secondary N) is 2. The van der Waals surface area contributed by atoms with E-state index in [-0.39, 0.29) is 23.9 Å². The number of unbranched alkanes of at least 4 members (excludes halogenated alkanes) is 10. The van der Waals surface area contributed by atoms with E-state index in [1.807, 2.05) is 24.3 Å². The van der Waals surface area contributed by atoms with Gasteiger partial charge in [0.1, 0.15) is 11.6 Å². The van der Waals surface area contributed by atoms with E-state index in [0.717, 1.165) is 30.5 Å². The van der Waals surface area contributed by atoms with E-state index in [1.165, 1.54) is 56.0 Å². The van der Waals surface area contributed by atoms with Crippen LogP contribution in [0.2, 0.25) is 5.02 Å². The molecule has 3 aromatic rings. The molecule has 3 rings (SSSR count). The molecule has 0 saturated carbocycles. The predicted molar refractivity (Wildman–Crippen MR) is 171 cm³/mol. The van der Waals surface area contributed by atoms with Gasteiger partial charge >= 0.3 is 5.97 Å². The average Bonchev–Trinajstić information content (AvgIpc) is 3.50. The molecule has 0 aliphatic heterocycles. The second-order valence-electron chi connectivity index (χ2n) is 13.1. The van der Waals surface area contributed by atoms with Crippen molar-refractivity contribution < 1.29 is 14.3 Å². The molecule has 2 N–H and O–H groups in total. The lowest BCUT2D eigenvalue weighted by Crippen LogP contribution is -2.35. The third-order valence-electron chi connectivity index (χ3n) is 7.54. The number of fused-ring (bicyclic) bond motifs is 1. The maximum absolute atomic E-state index is 13.1. The zero-order chi connectivity index (χ0) is 30.8. The van der Waals surface area contributed by atoms with E-state index in [4.69, 9.17) is 16.3 Å². The molecular formula is C33H50ClN5O3. The summed E-state index contributed by atoms with van der Waals surface area (Å²) in [6.45, 7) is 12.0. The first kappa shape index (κ1) is 33.6. The van der Waals surface area contributed by atoms with Gasteiger partial charge in [0.2, 0.25) is 5.91 Å². The quantitative estimate of drug-likeness (QED) is 0.119. The Kier molecular flexibility index (Phi) is 12.5. The lowest BCUT2D eigenvalue weighted by atomic mass is 9.92. The number of benzene rings is 1. The van der Waals surface area contributed by atoms with Crippen LogP contribution in [0.5, 0.6) is 0 Å². The molecule has 0 atom stereocenters. The summed E-state index contributed by atoms with van der Waals surface area (Å²) in [6, 6.07) is 7.39. The van der Waals surface area contributed by atoms with Gasteiger partial charge < -0.3 is 15.0 Å². The van der Waals surface area contributed by atoms with Gasteiger partial charge in [-0.3, -0.25) is 9.59 Å². The summed E-state index contributed by atoms with van der Waals surface area (Å²) in [5.41, 5.74) is 1.71. The van der Waals surface area contributed by atoms with Crippen LogP contribution in [0.1, 0.15) is 124 Å². The molecule has 8 nitrogen and oxygen atoms in total. The molecule has 0 unspecified atom stereocenters. The number of carbonyl (C=O) groups is 2. The second-order valence-corrected chi connectivity index (χ2v) is 13.5. The third kappa shape index (κ3) is 9.85. The number of hydrogen-bond donors (Lipinski definition) is 2. The first-order chi connectivity index (χ1) is 19.9. The molecule has 0 fully saturated rings. The number of ether oxygens (including phenoxy) is 1. The first-order valence-electron chi connectivity index (χ1n) is 15.6. The molecule has 0 aliphatic rings. The monoisotopic (exact) mass is 599 g/mol. The van der Waals surface area contributed by atoms with Crippen molar-refractivity contribution in [3.63, 3.8) is 0 Å². The van der Waals surface area contributed by atoms with Crippen molar-refractivity contribution in [2.75, 3.05) is 11.9 Å². The van der Waals surface area contributed by atoms with Gasteiger partial charge in [0.25, 0.3) is 0 Å². The first-order valence-corrected chi connectivity index (χ1v) is 16.0. The number of aromatic nitrogens is 4. The summed E-state index contributed by atoms with van der Waals surface area (Å²) in [5, 5.41) is 12.6. The topological polar surface area (TPSA) is 101 Å². The molecule has 1 aromatic carbocycles. The Morgan fingerprint density at radius 1 is 0.929 bits per heavy atom. The van der Waals surface area contributed by atoms with Crippen molar-refractivity contribution in [3.05, 3.63) is 35.0 Å². The van der Waals surface area contributed by atoms with Crippen LogP contribution in [0, 0.1) is 5.41 Å². The number of H-pyrrole nitrogens is 1. The fourth-order valence-electron chi connectivity index (χ4n) is 4.78. The maximum atomic E-state index is 13.1. The van der Waals surface area contributed by atoms with Crippen molar-refractivity contribution in [1.29, 1.82) is 0 Å². The SMILES string of the molecule is CCCCCCCCCCCCCC(=O)OCC(C)(C)C(=O)Nc1cccc(-c2nn3nc(C(C)(C)C)c(Cl)c3[nH]2)c1. The molecule has 2 aromatic heterocycles. The Hall–Kier alpha value is -2.87. The zero-order valence-corrected chi connectivity index (χ0v) is 27.2. The minimum absolute atomic E-state index is 0.0272. The van der Waals surface area contributed by atoms with Crippen LogP contribution < -0.4 is 5.32 Å². The highest BCUT2D eigenvalue weighted by Crippen LogP contribution is 2.32. The number of hydrogen-bond acceptors (Lipinski definition) is 5. The van der Waals surface area contributed by atoms with Crippen molar-refractivity contribution >= 4 is 34.8 Å². The number of nitrogens with zero attached hydrogens (tertiary/aromatic N) is 3. The predicted octanol–water partition coefficient (Wildman–Crippen LogP) is 8.88. The van der Waals surface area contributed by atoms with Crippen LogP contribution in [0.4, 0.5) is 5.69 Å². The Balaban J connectivity index is 1.42. The highest BCUT2D eigenvalue weighted by Gasteiger charge is 2.30. The summed E-state index contributed by atoms with van der Waals surface area (Å²) in [7, 11) is 0. The minimum atomic E-state index is -0.884. The van der Waals surface area contributed by atoms with Crippen LogP contribution in [-0.4, -0.2) is 38.3 Å². The van der Waals surface area contributed by atoms with Crippen molar-refractivity contribution in [2.24, 2.45) is 5.41 Å². The molecule has 0 bridgehead atoms. The smallest absolute Gasteiger partial charge is 0.305 e. The average molecular weight is 600 g/mol. The summed E-state index contributed by atoms with van der Waals surface area (Å²) in [4.78, 5) is 28.6. The van der Waals surface area contributed by atoms with Crippen molar-refractivity contribution in [3.8, 4) is 11.4 Å². The number of amides is 1. The largest absolute Gasteiger partial charge is 0.465 e. The van der Waals surface area contributed by atoms with Gasteiger partial charge in [0.05, 0.1) is 11.1 Å². The van der Waals surface area contributed by atoms with Gasteiger partial charge in [-0.1, -0.05) is 116 Å². The van der Waals surface area contributed by atoms with Gasteiger partial charge in [0, 0.05) is 23.1 Å². The molecule has 232 valence electrons. The molecule has 42 heavy (non-hydrogen) atoms. The van der Waals surface area contributed by atoms with Gasteiger partial charge in [-0.25, -0.2) is 0 Å². The van der Waals surface area contributed by atoms with Gasteiger partial charge in [0.15, 0.2) is 11.5 Å². The fourth-order valence-corrected chi connectivity index (χ4v) is 5.23. The molecular weight excluding hydrogens is 550 g/mol. The second kappa shape index (κ2) is 15.6. The van der Waals surface area contributed by atoms with E-state index < -0.39 is 5.41 Å². The Morgan fingerprint density at radius 3 is 2.14 bits per heavy atom. The molecule has 2 heterocycles. The lowest BCUT2D eigenvalue weighted by Gasteiger charge is -2.23. The maximum Gasteiger partial charge on any atom is 0.305 e. The molecule has 0 spiro atoms. The Bertz CT molecular complexity index is 1300. The Morgan fingerprint density at radius 2 is 1.55 bits per heavy atom. The summed E-state index contributed by atoms with van der Waals surface area (Å²) < 4.78 is 6.99. The summed E-state index contributed by atoms with van der Waals surface area (Å²) in [5.74, 6) is 0.116. The van der Waals surface area contributed by atoms with Gasteiger partial charge in [-0.2, -0.15) is 5.10 Å². The van der Waals surface area contributed by atoms with Crippen LogP contribution in [0.15, 0.2) is 24.3 Å². The van der Waals surface area contributed by atoms with Gasteiger partial charge in [-0.05, 0) is 32.4 Å². The normalized spacial score (nSPS) is 12.2. The third-order valence-corrected chi connectivity index (χ3v) is 7.90. The van der Waals surface area contributed by atoms with Crippen molar-refractivity contribution in [1.82, 2.24) is 19.8 Å². The molecule has 1 amide bonds. The zero-order valence-electron chi connectivity index (χ0n) is 26.4. The summed E-state index contributed by atoms with van der Waals surface area (Å²) in [6.07, 6.45) is 14.0. The van der Waals surface area contributed by atoms with E-state index in [1.54, 1.807) is 13.8 Å². The fraction of sp³-hybridized carbons (Fsp3) is 0.636. The lowest BCUT2D eigenvalue weighted by molar-refractivity contribution is -0.148. The van der Waals surface area contributed by atoms with Crippen LogP contribution >= 0.6 is 11.6 Å². The number of aromatic amines is 1. The number of anilines is 1. The molecule has 9 heteroatoms. The van der Waals surface area contributed by atoms with E-state index in [0.29, 0.717) is 28.6 Å². The van der Waals surface area contributed by atoms with Crippen molar-refractivity contribution in [2.45, 2.75) is 124 Å². The van der Waals surface area contributed by atoms with Crippen LogP contribution in [0.3, 0.4) is 0 Å². The molecule has 0 aliphatic carbocycles. The molecule has 0 radical (unpaired) electrons. The van der Waals surface area contributed by atoms with Crippen LogP contribution in [-0.2, 0) is 19.7 Å². The van der Waals surface area contributed by atoms with Crippen LogP contribution in [0.25, 0.3) is 17.0 Å². The number of halogens is 1. The number of esters is 1. The van der Waals surface area contributed by atoms with E-state index >= 15 is 0 Å². The molecule has 0 saturated heterocycles. The van der Waals surface area contributed by atoms with E-state index in [2.05, 4.69) is 48.2 Å². The highest BCUT2D eigenvalue weighted by molar-refractivity contribution is 6.34. The Labute approximate surface area is 256 Å². The highest BCUT2D eigenvalue weighted by atomic mass is 35.5. The summed E-state index contributed by atoms with van der Waals surface area (Å²) >= 11 is 6.57. The van der Waals surface area contributed by atoms with Gasteiger partial charge in [-0.15, -0.1) is 9.73 Å². The number of carbonyl (C=O) groups excluding carboxylic acids is 2. The van der Waals surface area contributed by atoms with E-state index in [9.17, 15) is 9.59 Å². The standard InChI is InChI=1S/C33H50ClN5O3/c1-7-8-9-10-11-12-13-14-15-16-17-21-26(40)42-23-33(5,6)31(41)35-25-20-18-19-24(22-25)29-36-30-27(34)28(32(2,3)4)37-39(30)38-29/h18-20,22H,7-17,21,23H2,1-6H3,(H,35,41)(H,36,38). The minimum Gasteiger partial charge on any atom is -0.465 e. The number of rotatable bonds is 17.